The molecule has 0 aliphatic heterocycles. The van der Waals surface area contributed by atoms with Crippen molar-refractivity contribution in [3.63, 3.8) is 0 Å². The average Bonchev–Trinajstić information content (AvgIpc) is 2.14. The fraction of sp³-hybridized carbons (Fsp3) is 0.400. The number of halogens is 4. The predicted octanol–water partition coefficient (Wildman–Crippen LogP) is 3.35. The van der Waals surface area contributed by atoms with E-state index in [1.54, 1.807) is 6.07 Å². The van der Waals surface area contributed by atoms with Crippen LogP contribution in [0.25, 0.3) is 0 Å². The van der Waals surface area contributed by atoms with Gasteiger partial charge in [0.2, 0.25) is 0 Å². The van der Waals surface area contributed by atoms with E-state index in [4.69, 9.17) is 16.3 Å². The molecular weight excluding hydrogens is 243 g/mol. The van der Waals surface area contributed by atoms with Crippen molar-refractivity contribution in [1.29, 1.82) is 0 Å². The van der Waals surface area contributed by atoms with E-state index < -0.39 is 12.7 Å². The number of alkyl halides is 3. The van der Waals surface area contributed by atoms with Crippen LogP contribution in [0.3, 0.4) is 0 Å². The first-order valence-electron chi connectivity index (χ1n) is 4.45. The van der Waals surface area contributed by atoms with Crippen LogP contribution in [0.15, 0.2) is 18.2 Å². The Morgan fingerprint density at radius 1 is 1.38 bits per heavy atom. The maximum atomic E-state index is 12.2. The molecular formula is C10H11ClF3NO. The zero-order valence-corrected chi connectivity index (χ0v) is 9.56. The van der Waals surface area contributed by atoms with Crippen molar-refractivity contribution in [2.24, 2.45) is 0 Å². The van der Waals surface area contributed by atoms with Crippen molar-refractivity contribution in [3.8, 4) is 5.75 Å². The lowest BCUT2D eigenvalue weighted by atomic mass is 10.2. The predicted molar refractivity (Wildman–Crippen MR) is 57.3 cm³/mol. The summed E-state index contributed by atoms with van der Waals surface area (Å²) in [6.07, 6.45) is -4.25. The van der Waals surface area contributed by atoms with Gasteiger partial charge in [0.25, 0.3) is 0 Å². The van der Waals surface area contributed by atoms with Gasteiger partial charge in [-0.25, -0.2) is 0 Å². The Hall–Kier alpha value is -1.10. The van der Waals surface area contributed by atoms with E-state index in [9.17, 15) is 13.2 Å². The van der Waals surface area contributed by atoms with Crippen molar-refractivity contribution in [2.45, 2.75) is 6.18 Å². The molecule has 1 aromatic rings. The molecule has 0 bridgehead atoms. The zero-order valence-electron chi connectivity index (χ0n) is 8.81. The lowest BCUT2D eigenvalue weighted by Crippen LogP contribution is -2.30. The molecule has 0 unspecified atom stereocenters. The standard InChI is InChI=1S/C10H11ClF3NO/c1-15(6-10(12,13)14)9-4-3-7(16-2)5-8(9)11/h3-5H,6H2,1-2H3. The van der Waals surface area contributed by atoms with E-state index in [1.165, 1.54) is 26.3 Å². The van der Waals surface area contributed by atoms with E-state index in [1.807, 2.05) is 0 Å². The van der Waals surface area contributed by atoms with Gasteiger partial charge >= 0.3 is 6.18 Å². The van der Waals surface area contributed by atoms with Crippen LogP contribution in [0.2, 0.25) is 5.02 Å². The van der Waals surface area contributed by atoms with Crippen LogP contribution < -0.4 is 9.64 Å². The molecule has 0 radical (unpaired) electrons. The van der Waals surface area contributed by atoms with Gasteiger partial charge in [0.15, 0.2) is 0 Å². The van der Waals surface area contributed by atoms with Gasteiger partial charge in [0.1, 0.15) is 12.3 Å². The molecule has 0 aromatic heterocycles. The van der Waals surface area contributed by atoms with Gasteiger partial charge in [-0.1, -0.05) is 11.6 Å². The molecule has 0 saturated carbocycles. The second-order valence-corrected chi connectivity index (χ2v) is 3.70. The Kier molecular flexibility index (Phi) is 3.91. The number of hydrogen-bond acceptors (Lipinski definition) is 2. The molecule has 0 N–H and O–H groups in total. The van der Waals surface area contributed by atoms with Crippen LogP contribution in [-0.2, 0) is 0 Å². The van der Waals surface area contributed by atoms with Gasteiger partial charge < -0.3 is 9.64 Å². The molecule has 90 valence electrons. The topological polar surface area (TPSA) is 12.5 Å². The van der Waals surface area contributed by atoms with Gasteiger partial charge in [0, 0.05) is 13.1 Å². The SMILES string of the molecule is COc1ccc(N(C)CC(F)(F)F)c(Cl)c1. The van der Waals surface area contributed by atoms with Crippen molar-refractivity contribution < 1.29 is 17.9 Å². The Bertz CT molecular complexity index is 368. The van der Waals surface area contributed by atoms with E-state index >= 15 is 0 Å². The number of ether oxygens (including phenoxy) is 1. The summed E-state index contributed by atoms with van der Waals surface area (Å²) in [7, 11) is 2.80. The van der Waals surface area contributed by atoms with Crippen LogP contribution >= 0.6 is 11.6 Å². The average molecular weight is 254 g/mol. The van der Waals surface area contributed by atoms with E-state index in [-0.39, 0.29) is 5.02 Å². The first-order valence-corrected chi connectivity index (χ1v) is 4.82. The number of rotatable bonds is 3. The number of benzene rings is 1. The second-order valence-electron chi connectivity index (χ2n) is 3.29. The van der Waals surface area contributed by atoms with Gasteiger partial charge in [-0.2, -0.15) is 13.2 Å². The molecule has 0 aliphatic rings. The molecule has 0 saturated heterocycles. The Morgan fingerprint density at radius 2 is 2.00 bits per heavy atom. The van der Waals surface area contributed by atoms with Crippen molar-refractivity contribution >= 4 is 17.3 Å². The minimum atomic E-state index is -4.25. The fourth-order valence-electron chi connectivity index (χ4n) is 1.28. The van der Waals surface area contributed by atoms with Crippen LogP contribution in [0.1, 0.15) is 0 Å². The van der Waals surface area contributed by atoms with Crippen LogP contribution in [0, 0.1) is 0 Å². The molecule has 0 fully saturated rings. The highest BCUT2D eigenvalue weighted by molar-refractivity contribution is 6.33. The molecule has 0 atom stereocenters. The monoisotopic (exact) mass is 253 g/mol. The van der Waals surface area contributed by atoms with E-state index in [0.29, 0.717) is 11.4 Å². The first kappa shape index (κ1) is 13.0. The maximum Gasteiger partial charge on any atom is 0.405 e. The lowest BCUT2D eigenvalue weighted by Gasteiger charge is -2.22. The first-order chi connectivity index (χ1) is 7.33. The molecule has 0 aliphatic carbocycles. The maximum absolute atomic E-state index is 12.2. The van der Waals surface area contributed by atoms with E-state index in [2.05, 4.69) is 0 Å². The summed E-state index contributed by atoms with van der Waals surface area (Å²) in [4.78, 5) is 1.04. The smallest absolute Gasteiger partial charge is 0.405 e. The summed E-state index contributed by atoms with van der Waals surface area (Å²) >= 11 is 5.84. The summed E-state index contributed by atoms with van der Waals surface area (Å²) in [5, 5.41) is 0.228. The molecule has 1 rings (SSSR count). The summed E-state index contributed by atoms with van der Waals surface area (Å²) in [5.74, 6) is 0.508. The third kappa shape index (κ3) is 3.48. The normalized spacial score (nSPS) is 11.4. The van der Waals surface area contributed by atoms with Gasteiger partial charge in [-0.3, -0.25) is 0 Å². The molecule has 0 amide bonds. The Labute approximate surface area is 96.6 Å². The summed E-state index contributed by atoms with van der Waals surface area (Å²) in [5.41, 5.74) is 0.319. The number of methoxy groups -OCH3 is 1. The second kappa shape index (κ2) is 4.82. The molecule has 0 spiro atoms. The number of nitrogens with zero attached hydrogens (tertiary/aromatic N) is 1. The number of hydrogen-bond donors (Lipinski definition) is 0. The summed E-state index contributed by atoms with van der Waals surface area (Å²) in [6, 6.07) is 4.53. The molecule has 0 heterocycles. The highest BCUT2D eigenvalue weighted by Gasteiger charge is 2.29. The van der Waals surface area contributed by atoms with Gasteiger partial charge in [-0.05, 0) is 12.1 Å². The molecule has 6 heteroatoms. The Balaban J connectivity index is 2.88. The Morgan fingerprint density at radius 3 is 2.44 bits per heavy atom. The molecule has 16 heavy (non-hydrogen) atoms. The fourth-order valence-corrected chi connectivity index (χ4v) is 1.59. The van der Waals surface area contributed by atoms with E-state index in [0.717, 1.165) is 4.90 Å². The minimum Gasteiger partial charge on any atom is -0.497 e. The highest BCUT2D eigenvalue weighted by atomic mass is 35.5. The van der Waals surface area contributed by atoms with Crippen molar-refractivity contribution in [2.75, 3.05) is 25.6 Å². The number of anilines is 1. The van der Waals surface area contributed by atoms with Crippen LogP contribution in [-0.4, -0.2) is 26.9 Å². The lowest BCUT2D eigenvalue weighted by molar-refractivity contribution is -0.119. The third-order valence-electron chi connectivity index (χ3n) is 1.98. The van der Waals surface area contributed by atoms with Gasteiger partial charge in [0.05, 0.1) is 17.8 Å². The highest BCUT2D eigenvalue weighted by Crippen LogP contribution is 2.30. The van der Waals surface area contributed by atoms with Crippen molar-refractivity contribution in [3.05, 3.63) is 23.2 Å². The third-order valence-corrected chi connectivity index (χ3v) is 2.29. The summed E-state index contributed by atoms with van der Waals surface area (Å²) in [6.45, 7) is -1.04. The zero-order chi connectivity index (χ0) is 12.3. The largest absolute Gasteiger partial charge is 0.497 e. The molecule has 1 aromatic carbocycles. The molecule has 2 nitrogen and oxygen atoms in total. The van der Waals surface area contributed by atoms with Crippen LogP contribution in [0.4, 0.5) is 18.9 Å². The summed E-state index contributed by atoms with van der Waals surface area (Å²) < 4.78 is 41.4. The van der Waals surface area contributed by atoms with Crippen molar-refractivity contribution in [1.82, 2.24) is 0 Å². The van der Waals surface area contributed by atoms with Gasteiger partial charge in [-0.15, -0.1) is 0 Å². The quantitative estimate of drug-likeness (QED) is 0.819. The minimum absolute atomic E-state index is 0.228. The van der Waals surface area contributed by atoms with Crippen LogP contribution in [0.5, 0.6) is 5.75 Å².